The molecule has 2 N–H and O–H groups in total. The fourth-order valence-corrected chi connectivity index (χ4v) is 2.22. The standard InChI is InChI=1S/C15H22N2O3/c1-15(2,3)20-14(18)17-13-7-8-16-12-6-5-10(19-4)9-11(12)13/h5-6,9,13,16H,7-8H2,1-4H3,(H,17,18). The molecule has 1 unspecified atom stereocenters. The number of carbonyl (C=O) groups excluding carboxylic acids is 1. The van der Waals surface area contributed by atoms with Gasteiger partial charge in [0.15, 0.2) is 0 Å². The van der Waals surface area contributed by atoms with E-state index in [-0.39, 0.29) is 6.04 Å². The van der Waals surface area contributed by atoms with Gasteiger partial charge in [-0.25, -0.2) is 4.79 Å². The van der Waals surface area contributed by atoms with Gasteiger partial charge in [-0.1, -0.05) is 0 Å². The van der Waals surface area contributed by atoms with Gasteiger partial charge in [-0.2, -0.15) is 0 Å². The van der Waals surface area contributed by atoms with Crippen molar-refractivity contribution in [3.8, 4) is 5.75 Å². The Morgan fingerprint density at radius 2 is 2.15 bits per heavy atom. The van der Waals surface area contributed by atoms with Gasteiger partial charge in [0.1, 0.15) is 11.4 Å². The van der Waals surface area contributed by atoms with Gasteiger partial charge in [0.05, 0.1) is 13.2 Å². The molecular formula is C15H22N2O3. The summed E-state index contributed by atoms with van der Waals surface area (Å²) in [6.45, 7) is 6.38. The molecule has 110 valence electrons. The molecular weight excluding hydrogens is 256 g/mol. The highest BCUT2D eigenvalue weighted by Crippen LogP contribution is 2.32. The summed E-state index contributed by atoms with van der Waals surface area (Å²) in [4.78, 5) is 11.9. The van der Waals surface area contributed by atoms with E-state index in [0.29, 0.717) is 0 Å². The molecule has 1 aliphatic heterocycles. The molecule has 0 fully saturated rings. The first kappa shape index (κ1) is 14.5. The minimum absolute atomic E-state index is 0.0591. The Kier molecular flexibility index (Phi) is 4.06. The Labute approximate surface area is 119 Å². The van der Waals surface area contributed by atoms with Crippen molar-refractivity contribution < 1.29 is 14.3 Å². The number of amides is 1. The Bertz CT molecular complexity index is 494. The van der Waals surface area contributed by atoms with Crippen LogP contribution in [-0.2, 0) is 4.74 Å². The largest absolute Gasteiger partial charge is 0.497 e. The van der Waals surface area contributed by atoms with E-state index in [4.69, 9.17) is 9.47 Å². The zero-order chi connectivity index (χ0) is 14.8. The Hall–Kier alpha value is -1.91. The van der Waals surface area contributed by atoms with Crippen molar-refractivity contribution in [3.05, 3.63) is 23.8 Å². The number of hydrogen-bond donors (Lipinski definition) is 2. The quantitative estimate of drug-likeness (QED) is 0.873. The molecule has 1 atom stereocenters. The zero-order valence-electron chi connectivity index (χ0n) is 12.4. The van der Waals surface area contributed by atoms with E-state index >= 15 is 0 Å². The topological polar surface area (TPSA) is 59.6 Å². The highest BCUT2D eigenvalue weighted by atomic mass is 16.6. The van der Waals surface area contributed by atoms with Crippen LogP contribution in [0.4, 0.5) is 10.5 Å². The van der Waals surface area contributed by atoms with Crippen molar-refractivity contribution in [3.63, 3.8) is 0 Å². The molecule has 1 aromatic carbocycles. The van der Waals surface area contributed by atoms with E-state index in [1.165, 1.54) is 0 Å². The number of rotatable bonds is 2. The van der Waals surface area contributed by atoms with E-state index < -0.39 is 11.7 Å². The van der Waals surface area contributed by atoms with Crippen LogP contribution < -0.4 is 15.4 Å². The molecule has 0 aliphatic carbocycles. The minimum atomic E-state index is -0.492. The summed E-state index contributed by atoms with van der Waals surface area (Å²) < 4.78 is 10.6. The van der Waals surface area contributed by atoms with Crippen LogP contribution in [0.5, 0.6) is 5.75 Å². The SMILES string of the molecule is COc1ccc2c(c1)C(NC(=O)OC(C)(C)C)CCN2. The summed E-state index contributed by atoms with van der Waals surface area (Å²) in [5.74, 6) is 0.781. The molecule has 0 radical (unpaired) electrons. The maximum Gasteiger partial charge on any atom is 0.408 e. The van der Waals surface area contributed by atoms with Gasteiger partial charge in [-0.15, -0.1) is 0 Å². The molecule has 0 spiro atoms. The summed E-state index contributed by atoms with van der Waals surface area (Å²) in [6, 6.07) is 5.76. The third-order valence-electron chi connectivity index (χ3n) is 3.07. The number of ether oxygens (including phenoxy) is 2. The average molecular weight is 278 g/mol. The van der Waals surface area contributed by atoms with E-state index in [1.54, 1.807) is 7.11 Å². The van der Waals surface area contributed by atoms with Crippen molar-refractivity contribution in [1.82, 2.24) is 5.32 Å². The lowest BCUT2D eigenvalue weighted by Gasteiger charge is -2.29. The van der Waals surface area contributed by atoms with Gasteiger partial charge in [0, 0.05) is 17.8 Å². The molecule has 0 saturated carbocycles. The first-order valence-corrected chi connectivity index (χ1v) is 6.80. The molecule has 1 aliphatic rings. The van der Waals surface area contributed by atoms with Gasteiger partial charge >= 0.3 is 6.09 Å². The van der Waals surface area contributed by atoms with Gasteiger partial charge in [-0.05, 0) is 45.4 Å². The normalized spacial score (nSPS) is 17.7. The molecule has 0 aromatic heterocycles. The summed E-state index contributed by atoms with van der Waals surface area (Å²) in [6.07, 6.45) is 0.428. The fraction of sp³-hybridized carbons (Fsp3) is 0.533. The number of methoxy groups -OCH3 is 1. The maximum atomic E-state index is 11.9. The molecule has 1 amide bonds. The van der Waals surface area contributed by atoms with Crippen LogP contribution in [0.3, 0.4) is 0 Å². The lowest BCUT2D eigenvalue weighted by molar-refractivity contribution is 0.0501. The van der Waals surface area contributed by atoms with Crippen LogP contribution in [0.1, 0.15) is 38.8 Å². The van der Waals surface area contributed by atoms with Crippen LogP contribution in [0, 0.1) is 0 Å². The molecule has 20 heavy (non-hydrogen) atoms. The average Bonchev–Trinajstić information content (AvgIpc) is 2.36. The molecule has 5 heteroatoms. The van der Waals surface area contributed by atoms with Crippen LogP contribution in [0.25, 0.3) is 0 Å². The van der Waals surface area contributed by atoms with Crippen molar-refractivity contribution in [2.24, 2.45) is 0 Å². The molecule has 0 saturated heterocycles. The summed E-state index contributed by atoms with van der Waals surface area (Å²) in [5, 5.41) is 6.24. The Balaban J connectivity index is 2.13. The second-order valence-electron chi connectivity index (χ2n) is 5.87. The number of carbonyl (C=O) groups is 1. The van der Waals surface area contributed by atoms with Gasteiger partial charge in [0.25, 0.3) is 0 Å². The minimum Gasteiger partial charge on any atom is -0.497 e. The van der Waals surface area contributed by atoms with Crippen LogP contribution in [0.15, 0.2) is 18.2 Å². The van der Waals surface area contributed by atoms with Gasteiger partial charge in [0.2, 0.25) is 0 Å². The second kappa shape index (κ2) is 5.61. The summed E-state index contributed by atoms with van der Waals surface area (Å²) in [7, 11) is 1.63. The number of hydrogen-bond acceptors (Lipinski definition) is 4. The van der Waals surface area contributed by atoms with Crippen molar-refractivity contribution in [1.29, 1.82) is 0 Å². The monoisotopic (exact) mass is 278 g/mol. The summed E-state index contributed by atoms with van der Waals surface area (Å²) >= 11 is 0. The van der Waals surface area contributed by atoms with Crippen molar-refractivity contribution >= 4 is 11.8 Å². The zero-order valence-corrected chi connectivity index (χ0v) is 12.4. The van der Waals surface area contributed by atoms with Crippen LogP contribution in [-0.4, -0.2) is 25.3 Å². The predicted molar refractivity (Wildman–Crippen MR) is 78.2 cm³/mol. The Morgan fingerprint density at radius 3 is 2.80 bits per heavy atom. The Morgan fingerprint density at radius 1 is 1.40 bits per heavy atom. The first-order chi connectivity index (χ1) is 9.39. The van der Waals surface area contributed by atoms with Crippen LogP contribution >= 0.6 is 0 Å². The molecule has 0 bridgehead atoms. The number of anilines is 1. The third kappa shape index (κ3) is 3.56. The van der Waals surface area contributed by atoms with Crippen molar-refractivity contribution in [2.45, 2.75) is 38.8 Å². The van der Waals surface area contributed by atoms with E-state index in [9.17, 15) is 4.79 Å². The third-order valence-corrected chi connectivity index (χ3v) is 3.07. The number of benzene rings is 1. The fourth-order valence-electron chi connectivity index (χ4n) is 2.22. The molecule has 5 nitrogen and oxygen atoms in total. The first-order valence-electron chi connectivity index (χ1n) is 6.80. The van der Waals surface area contributed by atoms with Crippen molar-refractivity contribution in [2.75, 3.05) is 19.0 Å². The maximum absolute atomic E-state index is 11.9. The highest BCUT2D eigenvalue weighted by molar-refractivity contribution is 5.70. The molecule has 2 rings (SSSR count). The second-order valence-corrected chi connectivity index (χ2v) is 5.87. The van der Waals surface area contributed by atoms with E-state index in [2.05, 4.69) is 10.6 Å². The van der Waals surface area contributed by atoms with E-state index in [0.717, 1.165) is 30.0 Å². The predicted octanol–water partition coefficient (Wildman–Crippen LogP) is 3.08. The van der Waals surface area contributed by atoms with Crippen LogP contribution in [0.2, 0.25) is 0 Å². The highest BCUT2D eigenvalue weighted by Gasteiger charge is 2.24. The number of nitrogens with one attached hydrogen (secondary N) is 2. The molecule has 1 heterocycles. The molecule has 1 aromatic rings. The smallest absolute Gasteiger partial charge is 0.408 e. The summed E-state index contributed by atoms with van der Waals surface area (Å²) in [5.41, 5.74) is 1.56. The van der Waals surface area contributed by atoms with Gasteiger partial charge in [-0.3, -0.25) is 0 Å². The number of fused-ring (bicyclic) bond motifs is 1. The lowest BCUT2D eigenvalue weighted by atomic mass is 9.98. The lowest BCUT2D eigenvalue weighted by Crippen LogP contribution is -2.37. The van der Waals surface area contributed by atoms with Gasteiger partial charge < -0.3 is 20.1 Å². The number of alkyl carbamates (subject to hydrolysis) is 1. The van der Waals surface area contributed by atoms with E-state index in [1.807, 2.05) is 39.0 Å².